The molecule has 8 rings (SSSR count). The number of H-pyrrole nitrogens is 3. The lowest BCUT2D eigenvalue weighted by atomic mass is 10.3. The molecule has 3 N–H and O–H groups in total. The van der Waals surface area contributed by atoms with Crippen molar-refractivity contribution in [2.24, 2.45) is 0 Å². The highest BCUT2D eigenvalue weighted by Crippen LogP contribution is 2.20. The summed E-state index contributed by atoms with van der Waals surface area (Å²) in [6, 6.07) is 16.5. The Balaban J connectivity index is 0.000000150. The summed E-state index contributed by atoms with van der Waals surface area (Å²) in [7, 11) is 0. The molecule has 47 heavy (non-hydrogen) atoms. The number of morpholine rings is 2. The number of anilines is 2. The van der Waals surface area contributed by atoms with Gasteiger partial charge in [0.2, 0.25) is 5.89 Å². The quantitative estimate of drug-likeness (QED) is 0.233. The van der Waals surface area contributed by atoms with E-state index in [2.05, 4.69) is 55.7 Å². The van der Waals surface area contributed by atoms with E-state index in [4.69, 9.17) is 13.9 Å². The van der Waals surface area contributed by atoms with Gasteiger partial charge >= 0.3 is 0 Å². The molecule has 14 nitrogen and oxygen atoms in total. The summed E-state index contributed by atoms with van der Waals surface area (Å²) >= 11 is 3.45. The zero-order valence-corrected chi connectivity index (χ0v) is 27.0. The lowest BCUT2D eigenvalue weighted by molar-refractivity contribution is 0.122. The first-order valence-corrected chi connectivity index (χ1v) is 16.1. The van der Waals surface area contributed by atoms with Gasteiger partial charge < -0.3 is 38.6 Å². The maximum atomic E-state index is 12.0. The fraction of sp³-hybridized carbons (Fsp3) is 0.312. The van der Waals surface area contributed by atoms with Crippen LogP contribution >= 0.6 is 15.9 Å². The Morgan fingerprint density at radius 3 is 1.89 bits per heavy atom. The summed E-state index contributed by atoms with van der Waals surface area (Å²) < 4.78 is 17.4. The van der Waals surface area contributed by atoms with Gasteiger partial charge in [0.15, 0.2) is 5.58 Å². The number of oxazole rings is 1. The van der Waals surface area contributed by atoms with Gasteiger partial charge in [-0.05, 0) is 30.3 Å². The zero-order chi connectivity index (χ0) is 32.2. The number of aromatic nitrogens is 7. The normalized spacial score (nSPS) is 15.2. The molecule has 2 aliphatic rings. The van der Waals surface area contributed by atoms with E-state index in [1.54, 1.807) is 0 Å². The summed E-state index contributed by atoms with van der Waals surface area (Å²) in [5.41, 5.74) is 3.04. The van der Waals surface area contributed by atoms with Crippen LogP contribution in [-0.4, -0.2) is 87.5 Å². The van der Waals surface area contributed by atoms with Gasteiger partial charge in [-0.25, -0.2) is 19.9 Å². The molecule has 242 valence electrons. The number of hydrogen-bond acceptors (Lipinski definition) is 11. The minimum atomic E-state index is -0.174. The summed E-state index contributed by atoms with van der Waals surface area (Å²) in [5, 5.41) is 0. The van der Waals surface area contributed by atoms with Gasteiger partial charge in [0.1, 0.15) is 34.6 Å². The Bertz CT molecular complexity index is 2080. The van der Waals surface area contributed by atoms with Crippen LogP contribution in [0.2, 0.25) is 0 Å². The summed E-state index contributed by atoms with van der Waals surface area (Å²) in [4.78, 5) is 54.9. The van der Waals surface area contributed by atoms with Gasteiger partial charge in [-0.2, -0.15) is 0 Å². The summed E-state index contributed by atoms with van der Waals surface area (Å²) in [5.74, 6) is 3.81. The van der Waals surface area contributed by atoms with Crippen molar-refractivity contribution < 1.29 is 13.9 Å². The van der Waals surface area contributed by atoms with Crippen molar-refractivity contribution in [2.75, 3.05) is 62.4 Å². The van der Waals surface area contributed by atoms with Crippen molar-refractivity contribution in [3.63, 3.8) is 0 Å². The fourth-order valence-corrected chi connectivity index (χ4v) is 5.84. The number of aromatic amines is 3. The number of imidazole rings is 1. The third kappa shape index (κ3) is 7.59. The van der Waals surface area contributed by atoms with Crippen LogP contribution in [0.1, 0.15) is 23.4 Å². The number of halogens is 1. The number of para-hydroxylation sites is 2. The average molecular weight is 703 g/mol. The molecule has 4 aromatic heterocycles. The van der Waals surface area contributed by atoms with Gasteiger partial charge in [0, 0.05) is 42.8 Å². The molecule has 2 fully saturated rings. The largest absolute Gasteiger partial charge is 0.440 e. The Morgan fingerprint density at radius 2 is 1.26 bits per heavy atom. The zero-order valence-electron chi connectivity index (χ0n) is 25.4. The van der Waals surface area contributed by atoms with Gasteiger partial charge in [0.05, 0.1) is 50.3 Å². The Labute approximate surface area is 276 Å². The van der Waals surface area contributed by atoms with E-state index in [-0.39, 0.29) is 11.1 Å². The first-order chi connectivity index (χ1) is 22.9. The minimum Gasteiger partial charge on any atom is -0.440 e. The molecule has 2 aromatic carbocycles. The van der Waals surface area contributed by atoms with Crippen molar-refractivity contribution >= 4 is 49.7 Å². The Hall–Kier alpha value is -4.86. The van der Waals surface area contributed by atoms with Crippen LogP contribution in [0.3, 0.4) is 0 Å². The smallest absolute Gasteiger partial charge is 0.252 e. The topological polar surface area (TPSA) is 171 Å². The second-order valence-corrected chi connectivity index (χ2v) is 12.0. The van der Waals surface area contributed by atoms with E-state index >= 15 is 0 Å². The average Bonchev–Trinajstić information content (AvgIpc) is 3.68. The second-order valence-electron chi connectivity index (χ2n) is 11.1. The summed E-state index contributed by atoms with van der Waals surface area (Å²) in [6.45, 7) is 5.56. The second kappa shape index (κ2) is 13.9. The molecule has 0 saturated carbocycles. The number of hydrogen-bond donors (Lipinski definition) is 3. The third-order valence-electron chi connectivity index (χ3n) is 7.71. The van der Waals surface area contributed by atoms with Crippen LogP contribution < -0.4 is 20.9 Å². The predicted molar refractivity (Wildman–Crippen MR) is 179 cm³/mol. The lowest BCUT2D eigenvalue weighted by Crippen LogP contribution is -2.37. The van der Waals surface area contributed by atoms with Crippen molar-refractivity contribution in [1.29, 1.82) is 0 Å². The van der Waals surface area contributed by atoms with Gasteiger partial charge in [0.25, 0.3) is 11.1 Å². The minimum absolute atomic E-state index is 0.152. The molecule has 15 heteroatoms. The molecule has 0 aliphatic carbocycles. The van der Waals surface area contributed by atoms with Crippen molar-refractivity contribution in [1.82, 2.24) is 34.9 Å². The van der Waals surface area contributed by atoms with E-state index < -0.39 is 0 Å². The number of nitrogens with zero attached hydrogens (tertiary/aromatic N) is 6. The fourth-order valence-electron chi connectivity index (χ4n) is 5.48. The lowest BCUT2D eigenvalue weighted by Gasteiger charge is -2.27. The van der Waals surface area contributed by atoms with E-state index in [0.29, 0.717) is 68.4 Å². The van der Waals surface area contributed by atoms with E-state index in [1.807, 2.05) is 47.4 Å². The van der Waals surface area contributed by atoms with E-state index in [9.17, 15) is 9.59 Å². The van der Waals surface area contributed by atoms with Crippen LogP contribution in [0, 0.1) is 0 Å². The molecule has 6 heterocycles. The SMILES string of the molecule is O=c1cc(N2CCOCC2)nc(Cc2nc3ccc(Br)cc3[nH]2)[nH]1.O=c1cc(N2CCOCC2)nc(Cc2nc3ccccc3o2)[nH]1. The number of rotatable bonds is 6. The third-order valence-corrected chi connectivity index (χ3v) is 8.20. The highest BCUT2D eigenvalue weighted by Gasteiger charge is 2.17. The molecule has 2 aliphatic heterocycles. The molecule has 6 aromatic rings. The van der Waals surface area contributed by atoms with Crippen LogP contribution in [0.25, 0.3) is 22.1 Å². The molecular weight excluding hydrogens is 670 g/mol. The van der Waals surface area contributed by atoms with Crippen molar-refractivity contribution in [3.05, 3.63) is 103 Å². The monoisotopic (exact) mass is 701 g/mol. The Kier molecular flexibility index (Phi) is 9.08. The number of benzene rings is 2. The van der Waals surface area contributed by atoms with Gasteiger partial charge in [-0.3, -0.25) is 9.59 Å². The van der Waals surface area contributed by atoms with Gasteiger partial charge in [-0.15, -0.1) is 0 Å². The standard InChI is InChI=1S/C16H16BrN5O2.C16H16N4O3/c17-10-1-2-11-12(7-10)19-13(18-11)8-14-20-15(9-16(23)21-14)22-3-5-24-6-4-22;21-15-10-14(20-5-7-22-8-6-20)18-13(19-15)9-16-17-11-3-1-2-4-12(11)23-16/h1-2,7,9H,3-6,8H2,(H,18,19)(H,20,21,23);1-4,10H,5-9H2,(H,18,19,21). The highest BCUT2D eigenvalue weighted by molar-refractivity contribution is 9.10. The molecule has 0 spiro atoms. The molecule has 0 amide bonds. The molecule has 2 saturated heterocycles. The molecule has 0 unspecified atom stereocenters. The first kappa shape index (κ1) is 30.8. The highest BCUT2D eigenvalue weighted by atomic mass is 79.9. The van der Waals surface area contributed by atoms with Crippen molar-refractivity contribution in [2.45, 2.75) is 12.8 Å². The molecular formula is C32H32BrN9O5. The van der Waals surface area contributed by atoms with Crippen LogP contribution in [0.15, 0.2) is 73.1 Å². The maximum Gasteiger partial charge on any atom is 0.252 e. The maximum absolute atomic E-state index is 12.0. The molecule has 0 radical (unpaired) electrons. The van der Waals surface area contributed by atoms with Gasteiger partial charge in [-0.1, -0.05) is 28.1 Å². The van der Waals surface area contributed by atoms with Crippen molar-refractivity contribution in [3.8, 4) is 0 Å². The predicted octanol–water partition coefficient (Wildman–Crippen LogP) is 3.17. The van der Waals surface area contributed by atoms with E-state index in [1.165, 1.54) is 12.1 Å². The molecule has 0 atom stereocenters. The number of fused-ring (bicyclic) bond motifs is 2. The Morgan fingerprint density at radius 1 is 0.660 bits per heavy atom. The summed E-state index contributed by atoms with van der Waals surface area (Å²) in [6.07, 6.45) is 0.793. The first-order valence-electron chi connectivity index (χ1n) is 15.3. The van der Waals surface area contributed by atoms with Crippen LogP contribution in [0.5, 0.6) is 0 Å². The number of ether oxygens (including phenoxy) is 2. The van der Waals surface area contributed by atoms with E-state index in [0.717, 1.165) is 58.6 Å². The molecule has 0 bridgehead atoms. The number of nitrogens with one attached hydrogen (secondary N) is 3. The van der Waals surface area contributed by atoms with Crippen LogP contribution in [0.4, 0.5) is 11.6 Å². The van der Waals surface area contributed by atoms with Crippen LogP contribution in [-0.2, 0) is 22.3 Å².